The molecule has 0 unspecified atom stereocenters. The molecule has 1 aromatic carbocycles. The summed E-state index contributed by atoms with van der Waals surface area (Å²) in [7, 11) is 0. The van der Waals surface area contributed by atoms with E-state index < -0.39 is 0 Å². The highest BCUT2D eigenvalue weighted by Gasteiger charge is 2.00. The molecular formula is C8H7Cl2NS2. The molecule has 0 radical (unpaired) electrons. The van der Waals surface area contributed by atoms with E-state index in [2.05, 4.69) is 5.32 Å². The van der Waals surface area contributed by atoms with Crippen molar-refractivity contribution in [2.24, 2.45) is 0 Å². The quantitative estimate of drug-likeness (QED) is 0.757. The predicted molar refractivity (Wildman–Crippen MR) is 66.2 cm³/mol. The fourth-order valence-electron chi connectivity index (χ4n) is 0.743. The Kier molecular flexibility index (Phi) is 4.32. The van der Waals surface area contributed by atoms with E-state index in [1.165, 1.54) is 11.8 Å². The zero-order valence-electron chi connectivity index (χ0n) is 6.80. The zero-order chi connectivity index (χ0) is 9.84. The van der Waals surface area contributed by atoms with Gasteiger partial charge in [0, 0.05) is 5.69 Å². The van der Waals surface area contributed by atoms with E-state index in [9.17, 15) is 0 Å². The van der Waals surface area contributed by atoms with Crippen molar-refractivity contribution in [1.82, 2.24) is 0 Å². The molecule has 70 valence electrons. The number of rotatable bonds is 1. The van der Waals surface area contributed by atoms with Gasteiger partial charge in [0.1, 0.15) is 4.32 Å². The number of anilines is 1. The van der Waals surface area contributed by atoms with E-state index in [-0.39, 0.29) is 0 Å². The molecule has 0 saturated heterocycles. The molecule has 1 N–H and O–H groups in total. The van der Waals surface area contributed by atoms with Gasteiger partial charge in [-0.25, -0.2) is 0 Å². The Morgan fingerprint density at radius 2 is 2.08 bits per heavy atom. The van der Waals surface area contributed by atoms with Crippen LogP contribution in [-0.4, -0.2) is 10.6 Å². The number of nitrogens with one attached hydrogen (secondary N) is 1. The van der Waals surface area contributed by atoms with Gasteiger partial charge in [-0.05, 0) is 24.5 Å². The molecule has 0 saturated carbocycles. The second-order valence-corrected chi connectivity index (χ2v) is 4.54. The molecule has 1 nitrogen and oxygen atoms in total. The van der Waals surface area contributed by atoms with Gasteiger partial charge in [-0.2, -0.15) is 0 Å². The first kappa shape index (κ1) is 11.1. The number of thioether (sulfide) groups is 1. The molecule has 0 aliphatic carbocycles. The van der Waals surface area contributed by atoms with Gasteiger partial charge in [0.15, 0.2) is 0 Å². The zero-order valence-corrected chi connectivity index (χ0v) is 9.95. The molecule has 0 atom stereocenters. The standard InChI is InChI=1S/C8H7Cl2NS2/c1-13-8(12)11-5-2-3-6(9)7(10)4-5/h2-4H,1H3,(H,11,12). The maximum atomic E-state index is 5.82. The second kappa shape index (κ2) is 5.05. The molecule has 0 aromatic heterocycles. The molecule has 0 spiro atoms. The summed E-state index contributed by atoms with van der Waals surface area (Å²) in [6.45, 7) is 0. The Morgan fingerprint density at radius 1 is 1.38 bits per heavy atom. The third-order valence-electron chi connectivity index (χ3n) is 1.35. The molecule has 13 heavy (non-hydrogen) atoms. The lowest BCUT2D eigenvalue weighted by atomic mass is 10.3. The van der Waals surface area contributed by atoms with Crippen molar-refractivity contribution in [2.45, 2.75) is 0 Å². The van der Waals surface area contributed by atoms with Gasteiger partial charge in [-0.3, -0.25) is 0 Å². The summed E-state index contributed by atoms with van der Waals surface area (Å²) in [6.07, 6.45) is 1.91. The van der Waals surface area contributed by atoms with Crippen LogP contribution in [0, 0.1) is 0 Å². The van der Waals surface area contributed by atoms with Gasteiger partial charge < -0.3 is 5.32 Å². The van der Waals surface area contributed by atoms with Crippen LogP contribution in [0.2, 0.25) is 10.0 Å². The van der Waals surface area contributed by atoms with E-state index in [0.717, 1.165) is 5.69 Å². The second-order valence-electron chi connectivity index (χ2n) is 2.25. The van der Waals surface area contributed by atoms with Crippen molar-refractivity contribution in [1.29, 1.82) is 0 Å². The van der Waals surface area contributed by atoms with Crippen molar-refractivity contribution in [3.63, 3.8) is 0 Å². The van der Waals surface area contributed by atoms with Gasteiger partial charge >= 0.3 is 0 Å². The lowest BCUT2D eigenvalue weighted by Crippen LogP contribution is -2.02. The highest BCUT2D eigenvalue weighted by Crippen LogP contribution is 2.25. The summed E-state index contributed by atoms with van der Waals surface area (Å²) in [5, 5.41) is 4.08. The van der Waals surface area contributed by atoms with Crippen LogP contribution in [0.1, 0.15) is 0 Å². The summed E-state index contributed by atoms with van der Waals surface area (Å²) < 4.78 is 0.707. The van der Waals surface area contributed by atoms with Crippen molar-refractivity contribution in [2.75, 3.05) is 11.6 Å². The molecule has 0 amide bonds. The maximum Gasteiger partial charge on any atom is 0.137 e. The number of halogens is 2. The largest absolute Gasteiger partial charge is 0.341 e. The average Bonchev–Trinajstić information content (AvgIpc) is 2.11. The lowest BCUT2D eigenvalue weighted by Gasteiger charge is -2.05. The molecule has 0 aliphatic rings. The first-order chi connectivity index (χ1) is 6.13. The Labute approximate surface area is 96.8 Å². The van der Waals surface area contributed by atoms with Gasteiger partial charge in [-0.15, -0.1) is 11.8 Å². The van der Waals surface area contributed by atoms with Crippen LogP contribution >= 0.6 is 47.2 Å². The summed E-state index contributed by atoms with van der Waals surface area (Å²) >= 11 is 18.0. The highest BCUT2D eigenvalue weighted by atomic mass is 35.5. The Balaban J connectivity index is 2.79. The van der Waals surface area contributed by atoms with Gasteiger partial charge in [0.05, 0.1) is 10.0 Å². The molecule has 1 aromatic rings. The minimum Gasteiger partial charge on any atom is -0.341 e. The number of hydrogen-bond donors (Lipinski definition) is 1. The summed E-state index contributed by atoms with van der Waals surface area (Å²) in [6, 6.07) is 5.30. The van der Waals surface area contributed by atoms with Crippen LogP contribution in [0.25, 0.3) is 0 Å². The average molecular weight is 252 g/mol. The summed E-state index contributed by atoms with van der Waals surface area (Å²) in [4.78, 5) is 0. The van der Waals surface area contributed by atoms with Crippen LogP contribution in [0.15, 0.2) is 18.2 Å². The predicted octanol–water partition coefficient (Wildman–Crippen LogP) is 4.05. The Bertz CT molecular complexity index is 328. The normalized spacial score (nSPS) is 9.77. The lowest BCUT2D eigenvalue weighted by molar-refractivity contribution is 1.66. The van der Waals surface area contributed by atoms with Crippen LogP contribution in [0.5, 0.6) is 0 Å². The number of benzene rings is 1. The fourth-order valence-corrected chi connectivity index (χ4v) is 1.38. The van der Waals surface area contributed by atoms with Crippen LogP contribution in [-0.2, 0) is 0 Å². The van der Waals surface area contributed by atoms with Crippen molar-refractivity contribution in [3.8, 4) is 0 Å². The van der Waals surface area contributed by atoms with E-state index in [1.807, 2.05) is 12.3 Å². The van der Waals surface area contributed by atoms with Gasteiger partial charge in [0.25, 0.3) is 0 Å². The molecular weight excluding hydrogens is 245 g/mol. The molecule has 1 rings (SSSR count). The summed E-state index contributed by atoms with van der Waals surface area (Å²) in [5.74, 6) is 0. The molecule has 0 heterocycles. The van der Waals surface area contributed by atoms with Crippen LogP contribution in [0.3, 0.4) is 0 Å². The van der Waals surface area contributed by atoms with E-state index in [4.69, 9.17) is 35.4 Å². The van der Waals surface area contributed by atoms with E-state index >= 15 is 0 Å². The topological polar surface area (TPSA) is 12.0 Å². The first-order valence-electron chi connectivity index (χ1n) is 3.43. The number of hydrogen-bond acceptors (Lipinski definition) is 2. The molecule has 0 aliphatic heterocycles. The van der Waals surface area contributed by atoms with Gasteiger partial charge in [0.2, 0.25) is 0 Å². The van der Waals surface area contributed by atoms with Crippen LogP contribution < -0.4 is 5.32 Å². The van der Waals surface area contributed by atoms with E-state index in [1.54, 1.807) is 12.1 Å². The third-order valence-corrected chi connectivity index (χ3v) is 3.17. The highest BCUT2D eigenvalue weighted by molar-refractivity contribution is 8.22. The van der Waals surface area contributed by atoms with Crippen molar-refractivity contribution in [3.05, 3.63) is 28.2 Å². The third kappa shape index (κ3) is 3.35. The van der Waals surface area contributed by atoms with Crippen LogP contribution in [0.4, 0.5) is 5.69 Å². The van der Waals surface area contributed by atoms with E-state index in [0.29, 0.717) is 14.4 Å². The van der Waals surface area contributed by atoms with Gasteiger partial charge in [-0.1, -0.05) is 35.4 Å². The van der Waals surface area contributed by atoms with Crippen molar-refractivity contribution >= 4 is 57.2 Å². The minimum atomic E-state index is 0.524. The first-order valence-corrected chi connectivity index (χ1v) is 5.82. The smallest absolute Gasteiger partial charge is 0.137 e. The number of thiocarbonyl (C=S) groups is 1. The SMILES string of the molecule is CSC(=S)Nc1ccc(Cl)c(Cl)c1. The Hall–Kier alpha value is 0.0400. The molecule has 0 fully saturated rings. The molecule has 5 heteroatoms. The van der Waals surface area contributed by atoms with Crippen molar-refractivity contribution < 1.29 is 0 Å². The Morgan fingerprint density at radius 3 is 2.62 bits per heavy atom. The summed E-state index contributed by atoms with van der Waals surface area (Å²) in [5.41, 5.74) is 0.855. The molecule has 0 bridgehead atoms. The monoisotopic (exact) mass is 251 g/mol. The minimum absolute atomic E-state index is 0.524. The fraction of sp³-hybridized carbons (Fsp3) is 0.125. The maximum absolute atomic E-state index is 5.82.